The molecule has 0 aliphatic carbocycles. The van der Waals surface area contributed by atoms with Crippen molar-refractivity contribution in [2.24, 2.45) is 0 Å². The monoisotopic (exact) mass is 194 g/mol. The summed E-state index contributed by atoms with van der Waals surface area (Å²) in [6.07, 6.45) is 3.91. The summed E-state index contributed by atoms with van der Waals surface area (Å²) in [6.45, 7) is 0. The van der Waals surface area contributed by atoms with Crippen molar-refractivity contribution in [2.45, 2.75) is 6.42 Å². The maximum atomic E-state index is 5.65. The Hall–Kier alpha value is -1.42. The molecule has 0 spiro atoms. The number of halogens is 1. The van der Waals surface area contributed by atoms with Crippen LogP contribution in [0.15, 0.2) is 24.7 Å². The van der Waals surface area contributed by atoms with Gasteiger partial charge in [-0.15, -0.1) is 0 Å². The van der Waals surface area contributed by atoms with Crippen LogP contribution < -0.4 is 0 Å². The van der Waals surface area contributed by atoms with E-state index in [9.17, 15) is 0 Å². The average molecular weight is 195 g/mol. The van der Waals surface area contributed by atoms with Crippen molar-refractivity contribution in [1.29, 1.82) is 0 Å². The zero-order valence-corrected chi connectivity index (χ0v) is 7.49. The van der Waals surface area contributed by atoms with Crippen molar-refractivity contribution in [3.05, 3.63) is 41.2 Å². The van der Waals surface area contributed by atoms with Gasteiger partial charge in [-0.05, 0) is 11.6 Å². The third-order valence-electron chi connectivity index (χ3n) is 1.63. The second kappa shape index (κ2) is 3.53. The second-order valence-corrected chi connectivity index (χ2v) is 2.99. The van der Waals surface area contributed by atoms with Crippen LogP contribution in [0.2, 0.25) is 5.15 Å². The van der Waals surface area contributed by atoms with Gasteiger partial charge in [0.25, 0.3) is 0 Å². The van der Waals surface area contributed by atoms with Crippen molar-refractivity contribution < 1.29 is 0 Å². The summed E-state index contributed by atoms with van der Waals surface area (Å²) >= 11 is 5.65. The average Bonchev–Trinajstić information content (AvgIpc) is 2.62. The molecule has 0 fully saturated rings. The molecule has 66 valence electrons. The van der Waals surface area contributed by atoms with Gasteiger partial charge >= 0.3 is 0 Å². The van der Waals surface area contributed by atoms with Gasteiger partial charge < -0.3 is 0 Å². The molecule has 1 N–H and O–H groups in total. The molecule has 0 unspecified atom stereocenters. The van der Waals surface area contributed by atoms with E-state index < -0.39 is 0 Å². The maximum Gasteiger partial charge on any atom is 0.137 e. The van der Waals surface area contributed by atoms with Gasteiger partial charge in [0.05, 0.1) is 0 Å². The van der Waals surface area contributed by atoms with Gasteiger partial charge in [-0.3, -0.25) is 5.10 Å². The van der Waals surface area contributed by atoms with E-state index in [0.29, 0.717) is 11.6 Å². The summed E-state index contributed by atoms with van der Waals surface area (Å²) in [5.74, 6) is 0.823. The number of hydrogen-bond donors (Lipinski definition) is 1. The minimum atomic E-state index is 0.501. The second-order valence-electron chi connectivity index (χ2n) is 2.60. The van der Waals surface area contributed by atoms with E-state index >= 15 is 0 Å². The van der Waals surface area contributed by atoms with Crippen LogP contribution in [0.5, 0.6) is 0 Å². The molecule has 2 heterocycles. The summed E-state index contributed by atoms with van der Waals surface area (Å²) in [6, 6.07) is 3.67. The highest BCUT2D eigenvalue weighted by molar-refractivity contribution is 6.29. The molecule has 4 nitrogen and oxygen atoms in total. The molecule has 0 bridgehead atoms. The van der Waals surface area contributed by atoms with Crippen LogP contribution in [0.3, 0.4) is 0 Å². The van der Waals surface area contributed by atoms with Gasteiger partial charge in [0, 0.05) is 12.6 Å². The van der Waals surface area contributed by atoms with Gasteiger partial charge in [-0.1, -0.05) is 17.7 Å². The molecule has 0 amide bonds. The van der Waals surface area contributed by atoms with Crippen LogP contribution >= 0.6 is 11.6 Å². The molecule has 0 aliphatic rings. The summed E-state index contributed by atoms with van der Waals surface area (Å²) in [5.41, 5.74) is 1.06. The Morgan fingerprint density at radius 1 is 1.31 bits per heavy atom. The first-order valence-corrected chi connectivity index (χ1v) is 4.17. The van der Waals surface area contributed by atoms with Crippen LogP contribution in [0.25, 0.3) is 0 Å². The van der Waals surface area contributed by atoms with Gasteiger partial charge in [-0.2, -0.15) is 5.10 Å². The molecular formula is C8H7ClN4. The highest BCUT2D eigenvalue weighted by Crippen LogP contribution is 2.07. The van der Waals surface area contributed by atoms with E-state index in [-0.39, 0.29) is 0 Å². The smallest absolute Gasteiger partial charge is 0.137 e. The lowest BCUT2D eigenvalue weighted by Crippen LogP contribution is -1.91. The van der Waals surface area contributed by atoms with E-state index in [0.717, 1.165) is 11.4 Å². The third-order valence-corrected chi connectivity index (χ3v) is 1.85. The van der Waals surface area contributed by atoms with Crippen molar-refractivity contribution in [3.8, 4) is 0 Å². The standard InChI is InChI=1S/C8H7ClN4/c9-7-2-1-6(4-10-7)3-8-11-5-12-13-8/h1-2,4-5H,3H2,(H,11,12,13). The van der Waals surface area contributed by atoms with E-state index in [4.69, 9.17) is 11.6 Å². The first kappa shape index (κ1) is 8.19. The summed E-state index contributed by atoms with van der Waals surface area (Å²) < 4.78 is 0. The first-order chi connectivity index (χ1) is 6.34. The SMILES string of the molecule is Clc1ccc(Cc2ncn[nH]2)cn1. The number of aromatic nitrogens is 4. The molecule has 0 aromatic carbocycles. The molecular weight excluding hydrogens is 188 g/mol. The molecule has 13 heavy (non-hydrogen) atoms. The molecule has 0 radical (unpaired) electrons. The highest BCUT2D eigenvalue weighted by Gasteiger charge is 1.98. The van der Waals surface area contributed by atoms with E-state index in [1.807, 2.05) is 6.07 Å². The predicted molar refractivity (Wildman–Crippen MR) is 48.4 cm³/mol. The first-order valence-electron chi connectivity index (χ1n) is 3.79. The zero-order chi connectivity index (χ0) is 9.10. The molecule has 2 rings (SSSR count). The summed E-state index contributed by atoms with van der Waals surface area (Å²) in [7, 11) is 0. The Labute approximate surface area is 80.0 Å². The Morgan fingerprint density at radius 3 is 2.85 bits per heavy atom. The molecule has 2 aromatic heterocycles. The van der Waals surface area contributed by atoms with Crippen molar-refractivity contribution in [3.63, 3.8) is 0 Å². The number of nitrogens with zero attached hydrogens (tertiary/aromatic N) is 3. The number of nitrogens with one attached hydrogen (secondary N) is 1. The third kappa shape index (κ3) is 2.03. The number of hydrogen-bond acceptors (Lipinski definition) is 3. The number of H-pyrrole nitrogens is 1. The van der Waals surface area contributed by atoms with E-state index in [1.165, 1.54) is 6.33 Å². The molecule has 0 atom stereocenters. The zero-order valence-electron chi connectivity index (χ0n) is 6.74. The fourth-order valence-electron chi connectivity index (χ4n) is 1.02. The van der Waals surface area contributed by atoms with Gasteiger partial charge in [0.2, 0.25) is 0 Å². The lowest BCUT2D eigenvalue weighted by Gasteiger charge is -1.96. The lowest BCUT2D eigenvalue weighted by atomic mass is 10.2. The minimum Gasteiger partial charge on any atom is -0.263 e. The normalized spacial score (nSPS) is 10.2. The summed E-state index contributed by atoms with van der Waals surface area (Å²) in [5, 5.41) is 7.03. The lowest BCUT2D eigenvalue weighted by molar-refractivity contribution is 0.966. The quantitative estimate of drug-likeness (QED) is 0.737. The highest BCUT2D eigenvalue weighted by atomic mass is 35.5. The Morgan fingerprint density at radius 2 is 2.23 bits per heavy atom. The number of pyridine rings is 1. The minimum absolute atomic E-state index is 0.501. The molecule has 2 aromatic rings. The number of aromatic amines is 1. The van der Waals surface area contributed by atoms with Crippen LogP contribution in [0.1, 0.15) is 11.4 Å². The van der Waals surface area contributed by atoms with E-state index in [2.05, 4.69) is 20.2 Å². The van der Waals surface area contributed by atoms with E-state index in [1.54, 1.807) is 12.3 Å². The van der Waals surface area contributed by atoms with Crippen LogP contribution in [-0.4, -0.2) is 20.2 Å². The predicted octanol–water partition coefficient (Wildman–Crippen LogP) is 1.44. The molecule has 0 saturated carbocycles. The van der Waals surface area contributed by atoms with Crippen molar-refractivity contribution in [2.75, 3.05) is 0 Å². The Bertz CT molecular complexity index is 368. The Balaban J connectivity index is 2.15. The van der Waals surface area contributed by atoms with Crippen molar-refractivity contribution in [1.82, 2.24) is 20.2 Å². The molecule has 5 heteroatoms. The molecule has 0 saturated heterocycles. The van der Waals surface area contributed by atoms with Crippen LogP contribution in [-0.2, 0) is 6.42 Å². The van der Waals surface area contributed by atoms with Gasteiger partial charge in [-0.25, -0.2) is 9.97 Å². The number of rotatable bonds is 2. The largest absolute Gasteiger partial charge is 0.263 e. The maximum absolute atomic E-state index is 5.65. The molecule has 0 aliphatic heterocycles. The van der Waals surface area contributed by atoms with Gasteiger partial charge in [0.15, 0.2) is 0 Å². The fourth-order valence-corrected chi connectivity index (χ4v) is 1.13. The fraction of sp³-hybridized carbons (Fsp3) is 0.125. The van der Waals surface area contributed by atoms with Crippen molar-refractivity contribution >= 4 is 11.6 Å². The van der Waals surface area contributed by atoms with Crippen LogP contribution in [0, 0.1) is 0 Å². The van der Waals surface area contributed by atoms with Gasteiger partial charge in [0.1, 0.15) is 17.3 Å². The summed E-state index contributed by atoms with van der Waals surface area (Å²) in [4.78, 5) is 7.97. The topological polar surface area (TPSA) is 54.5 Å². The van der Waals surface area contributed by atoms with Crippen LogP contribution in [0.4, 0.5) is 0 Å². The Kier molecular flexibility index (Phi) is 2.23.